The molecule has 0 aromatic carbocycles. The minimum atomic E-state index is -0.194. The predicted octanol–water partition coefficient (Wildman–Crippen LogP) is 3.60. The highest BCUT2D eigenvalue weighted by Crippen LogP contribution is 1.93. The summed E-state index contributed by atoms with van der Waals surface area (Å²) in [5.74, 6) is 0. The molecule has 0 rings (SSSR count). The van der Waals surface area contributed by atoms with E-state index in [0.29, 0.717) is 12.8 Å². The maximum Gasteiger partial charge on any atom is 1.00 e. The molecule has 0 amide bonds. The molecular weight excluding hydrogens is 596 g/mol. The van der Waals surface area contributed by atoms with Crippen molar-refractivity contribution in [2.24, 2.45) is 0 Å². The first-order valence-corrected chi connectivity index (χ1v) is 14.3. The van der Waals surface area contributed by atoms with Gasteiger partial charge in [0.2, 0.25) is 0 Å². The van der Waals surface area contributed by atoms with Crippen LogP contribution in [0.15, 0.2) is 12.3 Å². The Hall–Kier alpha value is -1.85. The number of aliphatic hydroxyl groups excluding tert-OH is 3. The predicted molar refractivity (Wildman–Crippen MR) is 189 cm³/mol. The molecule has 0 bridgehead atoms. The normalized spacial score (nSPS) is 9.22. The van der Waals surface area contributed by atoms with Gasteiger partial charge in [0.25, 0.3) is 0 Å². The maximum absolute atomic E-state index is 9.84. The number of rotatable bonds is 14. The lowest BCUT2D eigenvalue weighted by atomic mass is 10.3. The van der Waals surface area contributed by atoms with Crippen LogP contribution in [0.3, 0.4) is 0 Å². The van der Waals surface area contributed by atoms with Gasteiger partial charge in [0.1, 0.15) is 25.0 Å². The molecule has 2 unspecified atom stereocenters. The van der Waals surface area contributed by atoms with Gasteiger partial charge in [-0.25, -0.2) is 0 Å². The van der Waals surface area contributed by atoms with Crippen molar-refractivity contribution in [2.75, 3.05) is 70.1 Å². The number of carbonyl (C=O) groups is 3. The summed E-state index contributed by atoms with van der Waals surface area (Å²) >= 11 is 0. The Labute approximate surface area is 280 Å². The molecule has 0 heterocycles. The van der Waals surface area contributed by atoms with E-state index in [9.17, 15) is 14.4 Å². The van der Waals surface area contributed by atoms with Crippen molar-refractivity contribution in [3.05, 3.63) is 12.3 Å². The second kappa shape index (κ2) is 104. The highest BCUT2D eigenvalue weighted by Gasteiger charge is 1.98. The van der Waals surface area contributed by atoms with Gasteiger partial charge in [0.15, 0.2) is 6.29 Å². The fourth-order valence-corrected chi connectivity index (χ4v) is 1.46. The molecular formula is C31H81O14+. The van der Waals surface area contributed by atoms with E-state index in [1.165, 1.54) is 7.11 Å². The molecule has 288 valence electrons. The van der Waals surface area contributed by atoms with Crippen LogP contribution in [0.25, 0.3) is 0 Å². The van der Waals surface area contributed by atoms with Crippen molar-refractivity contribution in [2.45, 2.75) is 105 Å². The van der Waals surface area contributed by atoms with Crippen LogP contribution >= 0.6 is 0 Å². The number of aldehydes is 3. The Morgan fingerprint density at radius 2 is 1.09 bits per heavy atom. The van der Waals surface area contributed by atoms with E-state index in [-0.39, 0.29) is 40.3 Å². The van der Waals surface area contributed by atoms with Gasteiger partial charge >= 0.3 is 1.43 Å². The lowest BCUT2D eigenvalue weighted by Crippen LogP contribution is -2.13. The second-order valence-corrected chi connectivity index (χ2v) is 6.92. The molecule has 0 aliphatic carbocycles. The van der Waals surface area contributed by atoms with Crippen molar-refractivity contribution in [3.8, 4) is 0 Å². The van der Waals surface area contributed by atoms with Crippen LogP contribution < -0.4 is 0 Å². The lowest BCUT2D eigenvalue weighted by molar-refractivity contribution is -0.116. The molecule has 45 heavy (non-hydrogen) atoms. The summed E-state index contributed by atoms with van der Waals surface area (Å²) in [5.41, 5.74) is 0. The molecule has 0 spiro atoms. The number of ether oxygens (including phenoxy) is 6. The number of methoxy groups -OCH3 is 6. The van der Waals surface area contributed by atoms with Gasteiger partial charge in [-0.2, -0.15) is 0 Å². The van der Waals surface area contributed by atoms with Gasteiger partial charge < -0.3 is 69.1 Å². The van der Waals surface area contributed by atoms with E-state index in [0.717, 1.165) is 65.4 Å². The molecule has 0 aromatic heterocycles. The summed E-state index contributed by atoms with van der Waals surface area (Å²) in [6.45, 7) is 14.5. The van der Waals surface area contributed by atoms with Crippen LogP contribution in [0.4, 0.5) is 0 Å². The van der Waals surface area contributed by atoms with Gasteiger partial charge in [0, 0.05) is 72.1 Å². The van der Waals surface area contributed by atoms with E-state index in [2.05, 4.69) is 16.4 Å². The largest absolute Gasteiger partial charge is 1.00 e. The van der Waals surface area contributed by atoms with Crippen molar-refractivity contribution in [1.82, 2.24) is 0 Å². The van der Waals surface area contributed by atoms with Crippen LogP contribution in [-0.4, -0.2) is 134 Å². The zero-order chi connectivity index (χ0) is 36.2. The lowest BCUT2D eigenvalue weighted by Gasteiger charge is -2.08. The Morgan fingerprint density at radius 3 is 1.09 bits per heavy atom. The third-order valence-corrected chi connectivity index (χ3v) is 3.72. The molecule has 0 fully saturated rings. The van der Waals surface area contributed by atoms with Crippen LogP contribution in [0.2, 0.25) is 0 Å². The van der Waals surface area contributed by atoms with E-state index in [1.54, 1.807) is 41.8 Å². The van der Waals surface area contributed by atoms with Crippen LogP contribution in [0.1, 0.15) is 91.3 Å². The first-order valence-electron chi connectivity index (χ1n) is 14.3. The van der Waals surface area contributed by atoms with Crippen LogP contribution in [0, 0.1) is 0 Å². The van der Waals surface area contributed by atoms with Crippen molar-refractivity contribution >= 4 is 18.9 Å². The molecule has 0 aromatic rings. The zero-order valence-electron chi connectivity index (χ0n) is 32.3. The zero-order valence-corrected chi connectivity index (χ0v) is 31.3. The van der Waals surface area contributed by atoms with Gasteiger partial charge in [-0.15, -0.1) is 0 Å². The highest BCUT2D eigenvalue weighted by molar-refractivity contribution is 5.55. The summed E-state index contributed by atoms with van der Waals surface area (Å²) < 4.78 is 28.3. The third-order valence-electron chi connectivity index (χ3n) is 3.72. The Kier molecular flexibility index (Phi) is 172. The van der Waals surface area contributed by atoms with Gasteiger partial charge in [0.05, 0.1) is 26.1 Å². The molecule has 2 atom stereocenters. The average molecular weight is 678 g/mol. The second-order valence-electron chi connectivity index (χ2n) is 6.92. The van der Waals surface area contributed by atoms with Crippen molar-refractivity contribution < 1.29 is 73.4 Å². The summed E-state index contributed by atoms with van der Waals surface area (Å²) in [7, 11) is 11.7. The fraction of sp³-hybridized carbons (Fsp3) is 0.839. The van der Waals surface area contributed by atoms with Gasteiger partial charge in [-0.3, -0.25) is 0 Å². The molecule has 0 saturated carbocycles. The fourth-order valence-electron chi connectivity index (χ4n) is 1.46. The van der Waals surface area contributed by atoms with Crippen molar-refractivity contribution in [3.63, 3.8) is 0 Å². The number of carbonyl (C=O) groups excluding carboxylic acids is 3. The minimum absolute atomic E-state index is 0. The molecule has 14 heteroatoms. The summed E-state index contributed by atoms with van der Waals surface area (Å²) in [4.78, 5) is 28.2. The van der Waals surface area contributed by atoms with E-state index in [1.807, 2.05) is 47.6 Å². The van der Waals surface area contributed by atoms with E-state index in [4.69, 9.17) is 34.3 Å². The number of aliphatic hydroxyl groups is 3. The van der Waals surface area contributed by atoms with E-state index >= 15 is 0 Å². The first kappa shape index (κ1) is 74.2. The first-order chi connectivity index (χ1) is 20.7. The molecule has 0 radical (unpaired) electrons. The van der Waals surface area contributed by atoms with Crippen molar-refractivity contribution in [1.29, 1.82) is 0 Å². The summed E-state index contributed by atoms with van der Waals surface area (Å²) in [5, 5.41) is 22.4. The molecule has 0 saturated heterocycles. The molecule has 0 aliphatic heterocycles. The van der Waals surface area contributed by atoms with E-state index < -0.39 is 0 Å². The standard InChI is InChI=1S/2C5H12O2.C5H10O2.C4H10O.C4H8O.2C3H6O.2CH4O.2H2O.2H2/c1-4-5(6-2)7-3;2*1-3-5(4-6)7-2;2*1-3-4-5-2;2*1-2-3-4;2*1-2;;;;/h5H,4H2,1-3H3;5-6H,3-4H2,1-2H3;4-5H,3H2,1-2H3;3-4H2,1-2H3;3-4H,1-2H3;2*3H,2H2,1H3;2*2H,1H3;2*1H2;2*1H/p+1/b;;;;4-3+;;;;;;;;. The monoisotopic (exact) mass is 678 g/mol. The Balaban J connectivity index is -0.0000000228. The SMILES string of the molecule is C/C=C/OC.CCC(C=O)OC.CCC(CO)OC.CCC(OC)OC.CCC=O.CCC=O.CCCOC.CO.CO.O.O.[H+].[HH].[HH]. The third kappa shape index (κ3) is 138. The molecule has 0 aliphatic rings. The highest BCUT2D eigenvalue weighted by atomic mass is 16.7. The average Bonchev–Trinajstić information content (AvgIpc) is 3.07. The van der Waals surface area contributed by atoms with Crippen LogP contribution in [-0.2, 0) is 42.8 Å². The smallest absolute Gasteiger partial charge is 0.505 e. The molecule has 14 nitrogen and oxygen atoms in total. The Bertz CT molecular complexity index is 387. The van der Waals surface area contributed by atoms with Gasteiger partial charge in [-0.1, -0.05) is 47.6 Å². The number of allylic oxidation sites excluding steroid dienone is 1. The summed E-state index contributed by atoms with van der Waals surface area (Å²) in [6.07, 6.45) is 10.8. The molecule has 7 N–H and O–H groups in total. The quantitative estimate of drug-likeness (QED) is 0.136. The minimum Gasteiger partial charge on any atom is -0.505 e. The van der Waals surface area contributed by atoms with Gasteiger partial charge in [-0.05, 0) is 32.6 Å². The topological polar surface area (TPSA) is 230 Å². The summed E-state index contributed by atoms with van der Waals surface area (Å²) in [6, 6.07) is 0. The number of hydrogen-bond acceptors (Lipinski definition) is 12. The van der Waals surface area contributed by atoms with Crippen LogP contribution in [0.5, 0.6) is 0 Å². The maximum atomic E-state index is 9.84. The number of hydrogen-bond donors (Lipinski definition) is 3. The Morgan fingerprint density at radius 1 is 0.689 bits per heavy atom.